The topological polar surface area (TPSA) is 95.0 Å². The maximum Gasteiger partial charge on any atom is 0.401 e. The fraction of sp³-hybridized carbons (Fsp3) is 0.273. The van der Waals surface area contributed by atoms with Gasteiger partial charge in [-0.3, -0.25) is 9.69 Å². The van der Waals surface area contributed by atoms with Crippen LogP contribution in [0.4, 0.5) is 33.5 Å². The number of piperazine rings is 1. The van der Waals surface area contributed by atoms with Gasteiger partial charge in [-0.1, -0.05) is 16.8 Å². The Morgan fingerprint density at radius 2 is 1.84 bits per heavy atom. The maximum atomic E-state index is 13.6. The average molecular weight is 541 g/mol. The summed E-state index contributed by atoms with van der Waals surface area (Å²) in [6, 6.07) is 3.51. The van der Waals surface area contributed by atoms with E-state index in [1.54, 1.807) is 11.0 Å². The first kappa shape index (κ1) is 24.9. The zero-order valence-corrected chi connectivity index (χ0v) is 19.6. The molecule has 0 bridgehead atoms. The second-order valence-corrected chi connectivity index (χ2v) is 8.80. The second-order valence-electron chi connectivity index (χ2n) is 8.39. The molecule has 37 heavy (non-hydrogen) atoms. The molecule has 1 aromatic carbocycles. The fourth-order valence-electron chi connectivity index (χ4n) is 4.05. The molecule has 4 heterocycles. The summed E-state index contributed by atoms with van der Waals surface area (Å²) >= 11 is 6.40. The minimum atomic E-state index is -4.25. The van der Waals surface area contributed by atoms with Crippen LogP contribution < -0.4 is 10.2 Å². The zero-order chi connectivity index (χ0) is 26.3. The van der Waals surface area contributed by atoms with E-state index in [9.17, 15) is 26.7 Å². The number of alkyl halides is 3. The van der Waals surface area contributed by atoms with Crippen LogP contribution in [0.2, 0.25) is 5.02 Å². The third-order valence-corrected chi connectivity index (χ3v) is 6.12. The van der Waals surface area contributed by atoms with Gasteiger partial charge in [0, 0.05) is 43.8 Å². The predicted octanol–water partition coefficient (Wildman–Crippen LogP) is 4.01. The van der Waals surface area contributed by atoms with Gasteiger partial charge in [0.2, 0.25) is 0 Å². The van der Waals surface area contributed by atoms with Crippen molar-refractivity contribution in [2.24, 2.45) is 0 Å². The van der Waals surface area contributed by atoms with Crippen LogP contribution in [-0.2, 0) is 0 Å². The molecule has 0 atom stereocenters. The molecular formula is C22H18ClF5N8O. The van der Waals surface area contributed by atoms with E-state index in [-0.39, 0.29) is 34.9 Å². The summed E-state index contributed by atoms with van der Waals surface area (Å²) in [7, 11) is 0. The van der Waals surface area contributed by atoms with Gasteiger partial charge in [0.25, 0.3) is 5.91 Å². The van der Waals surface area contributed by atoms with Gasteiger partial charge in [-0.25, -0.2) is 18.4 Å². The lowest BCUT2D eigenvalue weighted by Crippen LogP contribution is -2.49. The standard InChI is InChI=1S/C22H18ClF5N8O/c23-14-5-12(8-30-20(14)35-3-1-34(2-4-35)11-22(26,27)28)36-10-19(32-33-36)21(37)31-18-9-29-17-7-16(25)15(24)6-13(17)18/h5-10,29H,1-4,11H2,(H,31,37). The number of fused-ring (bicyclic) bond motifs is 1. The van der Waals surface area contributed by atoms with Gasteiger partial charge < -0.3 is 15.2 Å². The lowest BCUT2D eigenvalue weighted by molar-refractivity contribution is -0.146. The number of amides is 1. The van der Waals surface area contributed by atoms with Gasteiger partial charge in [0.1, 0.15) is 5.82 Å². The first-order valence-corrected chi connectivity index (χ1v) is 11.3. The quantitative estimate of drug-likeness (QED) is 0.372. The smallest absolute Gasteiger partial charge is 0.359 e. The Kier molecular flexibility index (Phi) is 6.45. The fourth-order valence-corrected chi connectivity index (χ4v) is 4.33. The van der Waals surface area contributed by atoms with E-state index >= 15 is 0 Å². The molecule has 15 heteroatoms. The Hall–Kier alpha value is -3.78. The van der Waals surface area contributed by atoms with Crippen LogP contribution in [0, 0.1) is 11.6 Å². The van der Waals surface area contributed by atoms with Crippen LogP contribution in [0.15, 0.2) is 36.8 Å². The first-order valence-electron chi connectivity index (χ1n) is 11.0. The number of halogens is 6. The van der Waals surface area contributed by atoms with Crippen LogP contribution in [0.1, 0.15) is 10.5 Å². The van der Waals surface area contributed by atoms with Crippen LogP contribution in [0.5, 0.6) is 0 Å². The lowest BCUT2D eigenvalue weighted by atomic mass is 10.2. The van der Waals surface area contributed by atoms with Crippen molar-refractivity contribution >= 4 is 39.9 Å². The van der Waals surface area contributed by atoms with E-state index < -0.39 is 30.3 Å². The predicted molar refractivity (Wildman–Crippen MR) is 125 cm³/mol. The molecule has 3 aromatic heterocycles. The highest BCUT2D eigenvalue weighted by Crippen LogP contribution is 2.28. The van der Waals surface area contributed by atoms with Gasteiger partial charge >= 0.3 is 6.18 Å². The van der Waals surface area contributed by atoms with E-state index in [1.807, 2.05) is 0 Å². The molecule has 1 fully saturated rings. The third kappa shape index (κ3) is 5.34. The van der Waals surface area contributed by atoms with Crippen molar-refractivity contribution in [3.63, 3.8) is 0 Å². The number of H-pyrrole nitrogens is 1. The number of hydrogen-bond acceptors (Lipinski definition) is 6. The first-order chi connectivity index (χ1) is 17.6. The molecule has 0 radical (unpaired) electrons. The number of carbonyl (C=O) groups is 1. The number of rotatable bonds is 5. The summed E-state index contributed by atoms with van der Waals surface area (Å²) in [5, 5.41) is 10.9. The molecule has 0 saturated carbocycles. The summed E-state index contributed by atoms with van der Waals surface area (Å²) in [5.41, 5.74) is 0.886. The number of pyridine rings is 1. The Bertz CT molecular complexity index is 1460. The van der Waals surface area contributed by atoms with Crippen molar-refractivity contribution in [3.8, 4) is 5.69 Å². The summed E-state index contributed by atoms with van der Waals surface area (Å²) in [5.74, 6) is -2.27. The monoisotopic (exact) mass is 540 g/mol. The van der Waals surface area contributed by atoms with E-state index in [2.05, 4.69) is 25.6 Å². The number of nitrogens with zero attached hydrogens (tertiary/aromatic N) is 6. The molecule has 5 rings (SSSR count). The molecule has 1 aliphatic rings. The van der Waals surface area contributed by atoms with Crippen molar-refractivity contribution in [1.29, 1.82) is 0 Å². The van der Waals surface area contributed by atoms with E-state index in [4.69, 9.17) is 11.6 Å². The molecular weight excluding hydrogens is 523 g/mol. The molecule has 2 N–H and O–H groups in total. The molecule has 0 unspecified atom stereocenters. The highest BCUT2D eigenvalue weighted by molar-refractivity contribution is 6.33. The normalized spacial score (nSPS) is 14.9. The number of anilines is 2. The number of carbonyl (C=O) groups excluding carboxylic acids is 1. The van der Waals surface area contributed by atoms with Gasteiger partial charge in [0.05, 0.1) is 40.9 Å². The highest BCUT2D eigenvalue weighted by Gasteiger charge is 2.32. The summed E-state index contributed by atoms with van der Waals surface area (Å²) in [6.07, 6.45) is -0.0543. The van der Waals surface area contributed by atoms with Crippen LogP contribution >= 0.6 is 11.6 Å². The van der Waals surface area contributed by atoms with E-state index in [0.29, 0.717) is 30.1 Å². The van der Waals surface area contributed by atoms with Crippen molar-refractivity contribution in [3.05, 3.63) is 59.1 Å². The zero-order valence-electron chi connectivity index (χ0n) is 18.9. The SMILES string of the molecule is O=C(Nc1c[nH]c2cc(F)c(F)cc12)c1cn(-c2cnc(N3CCN(CC(F)(F)F)CC3)c(Cl)c2)nn1. The van der Waals surface area contributed by atoms with Crippen molar-refractivity contribution < 1.29 is 26.7 Å². The Morgan fingerprint density at radius 1 is 1.11 bits per heavy atom. The summed E-state index contributed by atoms with van der Waals surface area (Å²) < 4.78 is 66.2. The average Bonchev–Trinajstić information content (AvgIpc) is 3.47. The van der Waals surface area contributed by atoms with Crippen molar-refractivity contribution in [2.75, 3.05) is 42.9 Å². The van der Waals surface area contributed by atoms with Crippen LogP contribution in [-0.4, -0.2) is 74.7 Å². The number of nitrogens with one attached hydrogen (secondary N) is 2. The van der Waals surface area contributed by atoms with Gasteiger partial charge in [0.15, 0.2) is 17.3 Å². The Morgan fingerprint density at radius 3 is 2.54 bits per heavy atom. The molecule has 0 spiro atoms. The number of benzene rings is 1. The summed E-state index contributed by atoms with van der Waals surface area (Å²) in [4.78, 5) is 22.9. The van der Waals surface area contributed by atoms with Crippen molar-refractivity contribution in [1.82, 2.24) is 29.9 Å². The second kappa shape index (κ2) is 9.59. The van der Waals surface area contributed by atoms with E-state index in [0.717, 1.165) is 12.1 Å². The molecule has 1 aliphatic heterocycles. The number of aromatic nitrogens is 5. The van der Waals surface area contributed by atoms with E-state index in [1.165, 1.54) is 28.2 Å². The molecule has 4 aromatic rings. The molecule has 1 amide bonds. The van der Waals surface area contributed by atoms with Gasteiger partial charge in [-0.05, 0) is 12.1 Å². The van der Waals surface area contributed by atoms with Gasteiger partial charge in [-0.2, -0.15) is 13.2 Å². The Labute approximate surface area is 210 Å². The lowest BCUT2D eigenvalue weighted by Gasteiger charge is -2.35. The highest BCUT2D eigenvalue weighted by atomic mass is 35.5. The number of aromatic amines is 1. The third-order valence-electron chi connectivity index (χ3n) is 5.84. The van der Waals surface area contributed by atoms with Crippen LogP contribution in [0.3, 0.4) is 0 Å². The molecule has 194 valence electrons. The minimum Gasteiger partial charge on any atom is -0.359 e. The Balaban J connectivity index is 1.26. The molecule has 9 nitrogen and oxygen atoms in total. The largest absolute Gasteiger partial charge is 0.401 e. The van der Waals surface area contributed by atoms with Gasteiger partial charge in [-0.15, -0.1) is 5.10 Å². The molecule has 0 aliphatic carbocycles. The maximum absolute atomic E-state index is 13.6. The molecule has 1 saturated heterocycles. The summed E-state index contributed by atoms with van der Waals surface area (Å²) in [6.45, 7) is 0.150. The van der Waals surface area contributed by atoms with Crippen molar-refractivity contribution in [2.45, 2.75) is 6.18 Å². The van der Waals surface area contributed by atoms with Crippen LogP contribution in [0.25, 0.3) is 16.6 Å². The number of hydrogen-bond donors (Lipinski definition) is 2. The minimum absolute atomic E-state index is 0.0575.